The number of fused-ring (bicyclic) bond motifs is 1. The van der Waals surface area contributed by atoms with Gasteiger partial charge in [-0.05, 0) is 28.5 Å². The van der Waals surface area contributed by atoms with Crippen molar-refractivity contribution in [2.24, 2.45) is 0 Å². The number of methoxy groups -OCH3 is 1. The lowest BCUT2D eigenvalue weighted by Gasteiger charge is -2.11. The summed E-state index contributed by atoms with van der Waals surface area (Å²) in [6.07, 6.45) is 2.96. The molecule has 2 rings (SSSR count). The molecule has 0 unspecified atom stereocenters. The average molecular weight is 299 g/mol. The summed E-state index contributed by atoms with van der Waals surface area (Å²) in [5.41, 5.74) is 0.868. The van der Waals surface area contributed by atoms with E-state index in [4.69, 9.17) is 5.11 Å². The average Bonchev–Trinajstić information content (AvgIpc) is 2.56. The predicted molar refractivity (Wildman–Crippen MR) is 84.0 cm³/mol. The molecule has 0 fully saturated rings. The number of nitrogens with one attached hydrogen (secondary N) is 1. The maximum absolute atomic E-state index is 11.8. The molecule has 0 saturated heterocycles. The van der Waals surface area contributed by atoms with Gasteiger partial charge < -0.3 is 15.2 Å². The number of carbonyl (C=O) groups excluding carboxylic acids is 2. The highest BCUT2D eigenvalue weighted by Gasteiger charge is 2.18. The number of benzene rings is 2. The Morgan fingerprint density at radius 2 is 1.95 bits per heavy atom. The Bertz CT molecular complexity index is 709. The lowest BCUT2D eigenvalue weighted by atomic mass is 10.1. The second-order valence-corrected chi connectivity index (χ2v) is 4.71. The van der Waals surface area contributed by atoms with E-state index in [9.17, 15) is 9.59 Å². The van der Waals surface area contributed by atoms with Crippen molar-refractivity contribution in [2.75, 3.05) is 13.7 Å². The predicted octanol–water partition coefficient (Wildman–Crippen LogP) is 1.50. The van der Waals surface area contributed by atoms with Crippen LogP contribution in [-0.4, -0.2) is 36.7 Å². The zero-order valence-electron chi connectivity index (χ0n) is 12.2. The molecule has 2 N–H and O–H groups in total. The standard InChI is InChI=1S/C17H17NO4/c1-22-17(21)15(11-19)18-16(20)9-7-12-6-8-13-4-2-3-5-14(13)10-12/h2-10,15,19H,11H2,1H3,(H,18,20)/b9-7+/t15-/m0/s1. The fourth-order valence-electron chi connectivity index (χ4n) is 2.02. The number of hydrogen-bond donors (Lipinski definition) is 2. The van der Waals surface area contributed by atoms with Crippen molar-refractivity contribution < 1.29 is 19.4 Å². The molecular formula is C17H17NO4. The second kappa shape index (κ2) is 7.38. The SMILES string of the molecule is COC(=O)[C@H](CO)NC(=O)/C=C/c1ccc2ccccc2c1. The Morgan fingerprint density at radius 1 is 1.23 bits per heavy atom. The monoisotopic (exact) mass is 299 g/mol. The second-order valence-electron chi connectivity index (χ2n) is 4.71. The molecule has 0 aliphatic heterocycles. The van der Waals surface area contributed by atoms with Gasteiger partial charge in [-0.2, -0.15) is 0 Å². The van der Waals surface area contributed by atoms with Gasteiger partial charge in [-0.15, -0.1) is 0 Å². The van der Waals surface area contributed by atoms with Crippen molar-refractivity contribution in [1.82, 2.24) is 5.32 Å². The smallest absolute Gasteiger partial charge is 0.330 e. The number of aliphatic hydroxyl groups excluding tert-OH is 1. The quantitative estimate of drug-likeness (QED) is 0.648. The van der Waals surface area contributed by atoms with Crippen molar-refractivity contribution in [2.45, 2.75) is 6.04 Å². The first-order chi connectivity index (χ1) is 10.6. The van der Waals surface area contributed by atoms with Crippen molar-refractivity contribution in [1.29, 1.82) is 0 Å². The van der Waals surface area contributed by atoms with Crippen LogP contribution in [0.1, 0.15) is 5.56 Å². The minimum Gasteiger partial charge on any atom is -0.467 e. The van der Waals surface area contributed by atoms with Crippen LogP contribution >= 0.6 is 0 Å². The Morgan fingerprint density at radius 3 is 2.64 bits per heavy atom. The van der Waals surface area contributed by atoms with Crippen LogP contribution in [0.2, 0.25) is 0 Å². The Kier molecular flexibility index (Phi) is 5.27. The fraction of sp³-hybridized carbons (Fsp3) is 0.176. The van der Waals surface area contributed by atoms with Gasteiger partial charge in [0.2, 0.25) is 5.91 Å². The van der Waals surface area contributed by atoms with Crippen LogP contribution in [-0.2, 0) is 14.3 Å². The molecule has 1 amide bonds. The third-order valence-electron chi connectivity index (χ3n) is 3.19. The number of esters is 1. The normalized spacial score (nSPS) is 12.3. The molecule has 0 aromatic heterocycles. The summed E-state index contributed by atoms with van der Waals surface area (Å²) in [6.45, 7) is -0.512. The van der Waals surface area contributed by atoms with E-state index in [0.717, 1.165) is 16.3 Å². The van der Waals surface area contributed by atoms with Crippen molar-refractivity contribution in [3.05, 3.63) is 54.1 Å². The first-order valence-electron chi connectivity index (χ1n) is 6.80. The Labute approximate surface area is 128 Å². The molecule has 0 aliphatic carbocycles. The van der Waals surface area contributed by atoms with E-state index in [1.165, 1.54) is 13.2 Å². The van der Waals surface area contributed by atoms with Crippen LogP contribution < -0.4 is 5.32 Å². The summed E-state index contributed by atoms with van der Waals surface area (Å²) in [7, 11) is 1.20. The fourth-order valence-corrected chi connectivity index (χ4v) is 2.02. The van der Waals surface area contributed by atoms with Gasteiger partial charge in [0.15, 0.2) is 6.04 Å². The van der Waals surface area contributed by atoms with Gasteiger partial charge in [0.1, 0.15) is 0 Å². The number of amides is 1. The summed E-state index contributed by atoms with van der Waals surface area (Å²) in [4.78, 5) is 23.0. The third kappa shape index (κ3) is 3.93. The summed E-state index contributed by atoms with van der Waals surface area (Å²) in [5.74, 6) is -1.16. The molecule has 2 aromatic rings. The molecule has 0 radical (unpaired) electrons. The number of rotatable bonds is 5. The van der Waals surface area contributed by atoms with Crippen LogP contribution in [0.25, 0.3) is 16.8 Å². The van der Waals surface area contributed by atoms with Crippen LogP contribution in [0.4, 0.5) is 0 Å². The Hall–Kier alpha value is -2.66. The van der Waals surface area contributed by atoms with E-state index in [2.05, 4.69) is 10.1 Å². The van der Waals surface area contributed by atoms with Crippen LogP contribution in [0, 0.1) is 0 Å². The molecule has 2 aromatic carbocycles. The molecular weight excluding hydrogens is 282 g/mol. The Balaban J connectivity index is 2.06. The number of aliphatic hydroxyl groups is 1. The third-order valence-corrected chi connectivity index (χ3v) is 3.19. The maximum Gasteiger partial charge on any atom is 0.330 e. The van der Waals surface area contributed by atoms with Gasteiger partial charge >= 0.3 is 5.97 Å². The molecule has 0 spiro atoms. The molecule has 22 heavy (non-hydrogen) atoms. The number of ether oxygens (including phenoxy) is 1. The van der Waals surface area contributed by atoms with Gasteiger partial charge in [0, 0.05) is 6.08 Å². The van der Waals surface area contributed by atoms with Gasteiger partial charge in [-0.25, -0.2) is 4.79 Å². The van der Waals surface area contributed by atoms with Crippen LogP contribution in [0.3, 0.4) is 0 Å². The minimum atomic E-state index is -1.06. The van der Waals surface area contributed by atoms with Crippen LogP contribution in [0.5, 0.6) is 0 Å². The summed E-state index contributed by atoms with van der Waals surface area (Å²) in [6, 6.07) is 12.7. The van der Waals surface area contributed by atoms with Gasteiger partial charge in [-0.3, -0.25) is 4.79 Å². The van der Waals surface area contributed by atoms with Crippen molar-refractivity contribution in [3.63, 3.8) is 0 Å². The van der Waals surface area contributed by atoms with E-state index >= 15 is 0 Å². The summed E-state index contributed by atoms with van der Waals surface area (Å²) < 4.78 is 4.48. The van der Waals surface area contributed by atoms with Gasteiger partial charge in [-0.1, -0.05) is 36.4 Å². The zero-order valence-corrected chi connectivity index (χ0v) is 12.2. The lowest BCUT2D eigenvalue weighted by Crippen LogP contribution is -2.43. The number of hydrogen-bond acceptors (Lipinski definition) is 4. The highest BCUT2D eigenvalue weighted by molar-refractivity contribution is 5.95. The lowest BCUT2D eigenvalue weighted by molar-refractivity contribution is -0.145. The highest BCUT2D eigenvalue weighted by atomic mass is 16.5. The molecule has 0 saturated carbocycles. The molecule has 5 nitrogen and oxygen atoms in total. The minimum absolute atomic E-state index is 0.474. The maximum atomic E-state index is 11.8. The first-order valence-corrected chi connectivity index (χ1v) is 6.80. The summed E-state index contributed by atoms with van der Waals surface area (Å²) >= 11 is 0. The van der Waals surface area contributed by atoms with E-state index in [1.54, 1.807) is 6.08 Å². The van der Waals surface area contributed by atoms with E-state index in [1.807, 2.05) is 42.5 Å². The van der Waals surface area contributed by atoms with Gasteiger partial charge in [0.25, 0.3) is 0 Å². The molecule has 0 aliphatic rings. The largest absolute Gasteiger partial charge is 0.467 e. The van der Waals surface area contributed by atoms with Crippen molar-refractivity contribution in [3.8, 4) is 0 Å². The molecule has 5 heteroatoms. The van der Waals surface area contributed by atoms with Crippen molar-refractivity contribution >= 4 is 28.7 Å². The first kappa shape index (κ1) is 15.7. The van der Waals surface area contributed by atoms with Gasteiger partial charge in [0.05, 0.1) is 13.7 Å². The van der Waals surface area contributed by atoms with E-state index in [-0.39, 0.29) is 0 Å². The van der Waals surface area contributed by atoms with E-state index < -0.39 is 24.5 Å². The molecule has 0 bridgehead atoms. The molecule has 114 valence electrons. The zero-order chi connectivity index (χ0) is 15.9. The highest BCUT2D eigenvalue weighted by Crippen LogP contribution is 2.16. The number of carbonyl (C=O) groups is 2. The summed E-state index contributed by atoms with van der Waals surface area (Å²) in [5, 5.41) is 13.6. The topological polar surface area (TPSA) is 75.6 Å². The van der Waals surface area contributed by atoms with Crippen LogP contribution in [0.15, 0.2) is 48.5 Å². The molecule has 1 atom stereocenters. The molecule has 0 heterocycles. The van der Waals surface area contributed by atoms with E-state index in [0.29, 0.717) is 0 Å².